The minimum absolute atomic E-state index is 0.228. The normalized spacial score (nSPS) is 17.7. The Kier molecular flexibility index (Phi) is 4.19. The number of anilines is 1. The lowest BCUT2D eigenvalue weighted by Gasteiger charge is -2.22. The molecule has 1 saturated heterocycles. The van der Waals surface area contributed by atoms with Crippen LogP contribution in [0.5, 0.6) is 5.75 Å². The van der Waals surface area contributed by atoms with Crippen molar-refractivity contribution in [2.75, 3.05) is 32.1 Å². The van der Waals surface area contributed by atoms with Gasteiger partial charge in [-0.15, -0.1) is 0 Å². The van der Waals surface area contributed by atoms with E-state index in [2.05, 4.69) is 27.1 Å². The molecule has 6 heteroatoms. The van der Waals surface area contributed by atoms with Crippen LogP contribution >= 0.6 is 0 Å². The van der Waals surface area contributed by atoms with Crippen LogP contribution in [0.25, 0.3) is 0 Å². The highest BCUT2D eigenvalue weighted by molar-refractivity contribution is 5.48. The fourth-order valence-electron chi connectivity index (χ4n) is 2.31. The van der Waals surface area contributed by atoms with Gasteiger partial charge in [-0.2, -0.15) is 0 Å². The highest BCUT2D eigenvalue weighted by Gasteiger charge is 2.16. The lowest BCUT2D eigenvalue weighted by molar-refractivity contribution is 0.327. The van der Waals surface area contributed by atoms with E-state index in [0.717, 1.165) is 19.6 Å². The highest BCUT2D eigenvalue weighted by Crippen LogP contribution is 2.16. The van der Waals surface area contributed by atoms with Gasteiger partial charge in [0.1, 0.15) is 0 Å². The largest absolute Gasteiger partial charge is 0.489 e. The lowest BCUT2D eigenvalue weighted by atomic mass is 10.3. The van der Waals surface area contributed by atoms with Gasteiger partial charge >= 0.3 is 0 Å². The molecule has 1 aromatic heterocycles. The predicted octanol–water partition coefficient (Wildman–Crippen LogP) is 0.675. The highest BCUT2D eigenvalue weighted by atomic mass is 16.5. The van der Waals surface area contributed by atoms with Crippen LogP contribution in [-0.4, -0.2) is 47.7 Å². The number of H-pyrrole nitrogens is 1. The summed E-state index contributed by atoms with van der Waals surface area (Å²) in [7, 11) is 1.47. The second kappa shape index (κ2) is 5.86. The first-order chi connectivity index (χ1) is 8.70. The standard InChI is InChI=1S/C12H20N4O2/c1-9(7-16-5-3-4-6-16)15-11-10(18-2)12(17)14-8-13-11/h8-9H,3-7H2,1-2H3,(H2,13,14,15,17). The van der Waals surface area contributed by atoms with Crippen LogP contribution in [0.2, 0.25) is 0 Å². The van der Waals surface area contributed by atoms with Gasteiger partial charge < -0.3 is 19.9 Å². The first-order valence-corrected chi connectivity index (χ1v) is 6.31. The summed E-state index contributed by atoms with van der Waals surface area (Å²) < 4.78 is 5.06. The zero-order valence-electron chi connectivity index (χ0n) is 10.9. The molecule has 2 N–H and O–H groups in total. The summed E-state index contributed by atoms with van der Waals surface area (Å²) in [4.78, 5) is 20.6. The Morgan fingerprint density at radius 3 is 2.94 bits per heavy atom. The SMILES string of the molecule is COc1c(NC(C)CN2CCCC2)nc[nH]c1=O. The third-order valence-corrected chi connectivity index (χ3v) is 3.13. The van der Waals surface area contributed by atoms with E-state index in [4.69, 9.17) is 4.74 Å². The number of rotatable bonds is 5. The molecule has 100 valence electrons. The molecule has 18 heavy (non-hydrogen) atoms. The Balaban J connectivity index is 1.99. The van der Waals surface area contributed by atoms with Crippen molar-refractivity contribution in [3.63, 3.8) is 0 Å². The fraction of sp³-hybridized carbons (Fsp3) is 0.667. The van der Waals surface area contributed by atoms with Crippen LogP contribution < -0.4 is 15.6 Å². The van der Waals surface area contributed by atoms with E-state index in [-0.39, 0.29) is 17.4 Å². The van der Waals surface area contributed by atoms with Crippen molar-refractivity contribution >= 4 is 5.82 Å². The second-order valence-corrected chi connectivity index (χ2v) is 4.67. The topological polar surface area (TPSA) is 70.2 Å². The molecule has 2 rings (SSSR count). The molecule has 1 atom stereocenters. The Hall–Kier alpha value is -1.56. The fourth-order valence-corrected chi connectivity index (χ4v) is 2.31. The molecule has 0 spiro atoms. The summed E-state index contributed by atoms with van der Waals surface area (Å²) >= 11 is 0. The van der Waals surface area contributed by atoms with Crippen LogP contribution in [0.3, 0.4) is 0 Å². The summed E-state index contributed by atoms with van der Waals surface area (Å²) in [5, 5.41) is 3.23. The van der Waals surface area contributed by atoms with Gasteiger partial charge in [-0.25, -0.2) is 4.98 Å². The first-order valence-electron chi connectivity index (χ1n) is 6.31. The van der Waals surface area contributed by atoms with E-state index in [9.17, 15) is 4.79 Å². The van der Waals surface area contributed by atoms with Crippen LogP contribution in [0.15, 0.2) is 11.1 Å². The molecule has 0 aliphatic carbocycles. The predicted molar refractivity (Wildman–Crippen MR) is 70.2 cm³/mol. The van der Waals surface area contributed by atoms with Crippen molar-refractivity contribution < 1.29 is 4.74 Å². The molecule has 0 radical (unpaired) electrons. The van der Waals surface area contributed by atoms with E-state index in [1.807, 2.05) is 0 Å². The number of ether oxygens (including phenoxy) is 1. The number of aromatic amines is 1. The summed E-state index contributed by atoms with van der Waals surface area (Å²) in [6, 6.07) is 0.228. The van der Waals surface area contributed by atoms with E-state index in [1.165, 1.54) is 26.3 Å². The van der Waals surface area contributed by atoms with E-state index < -0.39 is 0 Å². The molecule has 1 aliphatic heterocycles. The first kappa shape index (κ1) is 12.9. The molecule has 2 heterocycles. The zero-order chi connectivity index (χ0) is 13.0. The van der Waals surface area contributed by atoms with Gasteiger partial charge in [0, 0.05) is 12.6 Å². The average Bonchev–Trinajstić information content (AvgIpc) is 2.82. The maximum absolute atomic E-state index is 11.5. The third-order valence-electron chi connectivity index (χ3n) is 3.13. The second-order valence-electron chi connectivity index (χ2n) is 4.67. The van der Waals surface area contributed by atoms with Gasteiger partial charge in [-0.3, -0.25) is 4.79 Å². The smallest absolute Gasteiger partial charge is 0.295 e. The van der Waals surface area contributed by atoms with Gasteiger partial charge in [-0.1, -0.05) is 0 Å². The van der Waals surface area contributed by atoms with E-state index >= 15 is 0 Å². The molecular formula is C12H20N4O2. The van der Waals surface area contributed by atoms with Gasteiger partial charge in [0.25, 0.3) is 5.56 Å². The van der Waals surface area contributed by atoms with Crippen molar-refractivity contribution in [3.05, 3.63) is 16.7 Å². The van der Waals surface area contributed by atoms with Crippen molar-refractivity contribution in [1.82, 2.24) is 14.9 Å². The quantitative estimate of drug-likeness (QED) is 0.806. The van der Waals surface area contributed by atoms with Crippen LogP contribution in [0, 0.1) is 0 Å². The molecule has 1 fully saturated rings. The van der Waals surface area contributed by atoms with Gasteiger partial charge in [0.05, 0.1) is 13.4 Å². The minimum atomic E-state index is -0.261. The van der Waals surface area contributed by atoms with Crippen molar-refractivity contribution in [2.45, 2.75) is 25.8 Å². The summed E-state index contributed by atoms with van der Waals surface area (Å²) in [5.41, 5.74) is -0.261. The molecule has 0 bridgehead atoms. The Morgan fingerprint density at radius 2 is 2.28 bits per heavy atom. The number of methoxy groups -OCH3 is 1. The van der Waals surface area contributed by atoms with E-state index in [0.29, 0.717) is 5.82 Å². The van der Waals surface area contributed by atoms with Crippen LogP contribution in [-0.2, 0) is 0 Å². The molecular weight excluding hydrogens is 232 g/mol. The van der Waals surface area contributed by atoms with Gasteiger partial charge in [0.15, 0.2) is 5.82 Å². The van der Waals surface area contributed by atoms with Crippen molar-refractivity contribution in [3.8, 4) is 5.75 Å². The molecule has 0 amide bonds. The molecule has 1 unspecified atom stereocenters. The average molecular weight is 252 g/mol. The molecule has 1 aliphatic rings. The zero-order valence-corrected chi connectivity index (χ0v) is 10.9. The number of nitrogens with one attached hydrogen (secondary N) is 2. The van der Waals surface area contributed by atoms with Gasteiger partial charge in [-0.05, 0) is 32.9 Å². The summed E-state index contributed by atoms with van der Waals surface area (Å²) in [6.07, 6.45) is 3.94. The lowest BCUT2D eigenvalue weighted by Crippen LogP contribution is -2.33. The third kappa shape index (κ3) is 3.01. The Morgan fingerprint density at radius 1 is 1.56 bits per heavy atom. The molecule has 0 aromatic carbocycles. The molecule has 6 nitrogen and oxygen atoms in total. The molecule has 1 aromatic rings. The monoisotopic (exact) mass is 252 g/mol. The number of aromatic nitrogens is 2. The number of hydrogen-bond acceptors (Lipinski definition) is 5. The summed E-state index contributed by atoms with van der Waals surface area (Å²) in [6.45, 7) is 5.36. The van der Waals surface area contributed by atoms with Gasteiger partial charge in [0.2, 0.25) is 5.75 Å². The Labute approximate surface area is 106 Å². The maximum Gasteiger partial charge on any atom is 0.295 e. The van der Waals surface area contributed by atoms with Crippen LogP contribution in [0.4, 0.5) is 5.82 Å². The summed E-state index contributed by atoms with van der Waals surface area (Å²) in [5.74, 6) is 0.749. The molecule has 0 saturated carbocycles. The number of hydrogen-bond donors (Lipinski definition) is 2. The minimum Gasteiger partial charge on any atom is -0.489 e. The van der Waals surface area contributed by atoms with Crippen molar-refractivity contribution in [2.24, 2.45) is 0 Å². The Bertz CT molecular complexity index is 440. The van der Waals surface area contributed by atoms with Crippen LogP contribution in [0.1, 0.15) is 19.8 Å². The van der Waals surface area contributed by atoms with Crippen molar-refractivity contribution in [1.29, 1.82) is 0 Å². The number of likely N-dealkylation sites (tertiary alicyclic amines) is 1. The van der Waals surface area contributed by atoms with E-state index in [1.54, 1.807) is 0 Å². The number of nitrogens with zero attached hydrogens (tertiary/aromatic N) is 2. The maximum atomic E-state index is 11.5.